The van der Waals surface area contributed by atoms with Crippen molar-refractivity contribution in [1.29, 1.82) is 0 Å². The van der Waals surface area contributed by atoms with Crippen LogP contribution in [0.2, 0.25) is 0 Å². The van der Waals surface area contributed by atoms with E-state index in [-0.39, 0.29) is 5.75 Å². The average molecular weight is 230 g/mol. The summed E-state index contributed by atoms with van der Waals surface area (Å²) in [5.74, 6) is 0.111. The van der Waals surface area contributed by atoms with Gasteiger partial charge in [-0.15, -0.1) is 0 Å². The summed E-state index contributed by atoms with van der Waals surface area (Å²) < 4.78 is 26.5. The minimum atomic E-state index is -3.48. The second-order valence-corrected chi connectivity index (χ2v) is 5.27. The minimum absolute atomic E-state index is 0.111. The van der Waals surface area contributed by atoms with E-state index >= 15 is 0 Å². The summed E-state index contributed by atoms with van der Waals surface area (Å²) >= 11 is 0. The molecule has 0 amide bonds. The molecule has 15 heavy (non-hydrogen) atoms. The van der Waals surface area contributed by atoms with Crippen molar-refractivity contribution in [2.45, 2.75) is 6.92 Å². The topological polar surface area (TPSA) is 69.6 Å². The molecule has 6 heteroatoms. The molecule has 0 spiro atoms. The van der Waals surface area contributed by atoms with E-state index < -0.39 is 10.2 Å². The van der Waals surface area contributed by atoms with Crippen LogP contribution in [0.25, 0.3) is 0 Å². The molecule has 0 aliphatic carbocycles. The summed E-state index contributed by atoms with van der Waals surface area (Å²) in [6, 6.07) is 4.44. The molecule has 2 N–H and O–H groups in total. The van der Waals surface area contributed by atoms with E-state index in [9.17, 15) is 8.42 Å². The highest BCUT2D eigenvalue weighted by molar-refractivity contribution is 7.90. The zero-order valence-electron chi connectivity index (χ0n) is 8.85. The number of benzene rings is 1. The molecule has 0 saturated carbocycles. The lowest BCUT2D eigenvalue weighted by Gasteiger charge is -2.14. The Morgan fingerprint density at radius 1 is 1.33 bits per heavy atom. The fourth-order valence-electron chi connectivity index (χ4n) is 0.993. The van der Waals surface area contributed by atoms with Gasteiger partial charge in [-0.2, -0.15) is 12.7 Å². The second kappa shape index (κ2) is 4.08. The number of nitrogens with one attached hydrogen (secondary N) is 1. The lowest BCUT2D eigenvalue weighted by Crippen LogP contribution is -2.29. The number of phenolic OH excluding ortho intramolecular Hbond substituents is 1. The van der Waals surface area contributed by atoms with Crippen LogP contribution in [0.15, 0.2) is 18.2 Å². The van der Waals surface area contributed by atoms with Crippen molar-refractivity contribution in [3.8, 4) is 5.75 Å². The van der Waals surface area contributed by atoms with E-state index in [4.69, 9.17) is 5.11 Å². The van der Waals surface area contributed by atoms with Gasteiger partial charge in [0.15, 0.2) is 0 Å². The monoisotopic (exact) mass is 230 g/mol. The maximum absolute atomic E-state index is 11.5. The molecule has 1 aromatic rings. The number of aromatic hydroxyl groups is 1. The summed E-state index contributed by atoms with van der Waals surface area (Å²) in [5, 5.41) is 9.16. The predicted molar refractivity (Wildman–Crippen MR) is 59.1 cm³/mol. The lowest BCUT2D eigenvalue weighted by molar-refractivity contribution is 0.475. The van der Waals surface area contributed by atoms with Crippen LogP contribution in [-0.4, -0.2) is 31.9 Å². The maximum atomic E-state index is 11.5. The molecule has 0 aliphatic heterocycles. The van der Waals surface area contributed by atoms with Gasteiger partial charge in [0.2, 0.25) is 0 Å². The van der Waals surface area contributed by atoms with Gasteiger partial charge >= 0.3 is 10.2 Å². The Morgan fingerprint density at radius 3 is 2.40 bits per heavy atom. The van der Waals surface area contributed by atoms with Gasteiger partial charge in [0.1, 0.15) is 5.75 Å². The molecule has 0 radical (unpaired) electrons. The van der Waals surface area contributed by atoms with Gasteiger partial charge < -0.3 is 5.11 Å². The molecule has 84 valence electrons. The van der Waals surface area contributed by atoms with Crippen molar-refractivity contribution < 1.29 is 13.5 Å². The fourth-order valence-corrected chi connectivity index (χ4v) is 1.68. The third-order valence-electron chi connectivity index (χ3n) is 1.93. The number of phenols is 1. The second-order valence-electron chi connectivity index (χ2n) is 3.39. The van der Waals surface area contributed by atoms with Crippen LogP contribution in [0.5, 0.6) is 5.75 Å². The Hall–Kier alpha value is -1.27. The van der Waals surface area contributed by atoms with Crippen LogP contribution in [-0.2, 0) is 10.2 Å². The predicted octanol–water partition coefficient (Wildman–Crippen LogP) is 0.919. The number of rotatable bonds is 3. The molecule has 0 fully saturated rings. The largest absolute Gasteiger partial charge is 0.508 e. The normalized spacial score (nSPS) is 11.7. The first kappa shape index (κ1) is 11.8. The number of nitrogens with zero attached hydrogens (tertiary/aromatic N) is 1. The van der Waals surface area contributed by atoms with Gasteiger partial charge in [-0.1, -0.05) is 0 Å². The van der Waals surface area contributed by atoms with Crippen LogP contribution in [0.1, 0.15) is 5.56 Å². The van der Waals surface area contributed by atoms with Gasteiger partial charge in [0, 0.05) is 14.1 Å². The Labute approximate surface area is 89.5 Å². The van der Waals surface area contributed by atoms with E-state index in [0.717, 1.165) is 4.31 Å². The van der Waals surface area contributed by atoms with Crippen LogP contribution in [0.3, 0.4) is 0 Å². The molecule has 0 aliphatic rings. The van der Waals surface area contributed by atoms with Gasteiger partial charge in [0.05, 0.1) is 5.69 Å². The molecule has 1 aromatic carbocycles. The van der Waals surface area contributed by atoms with E-state index in [2.05, 4.69) is 4.72 Å². The van der Waals surface area contributed by atoms with Crippen molar-refractivity contribution in [1.82, 2.24) is 4.31 Å². The first-order valence-corrected chi connectivity index (χ1v) is 5.77. The first-order chi connectivity index (χ1) is 6.83. The van der Waals surface area contributed by atoms with Crippen LogP contribution in [0.4, 0.5) is 5.69 Å². The summed E-state index contributed by atoms with van der Waals surface area (Å²) in [6.07, 6.45) is 0. The zero-order chi connectivity index (χ0) is 11.6. The number of aryl methyl sites for hydroxylation is 1. The van der Waals surface area contributed by atoms with Crippen molar-refractivity contribution in [3.63, 3.8) is 0 Å². The summed E-state index contributed by atoms with van der Waals surface area (Å²) in [7, 11) is -0.600. The van der Waals surface area contributed by atoms with Gasteiger partial charge in [-0.3, -0.25) is 4.72 Å². The average Bonchev–Trinajstić information content (AvgIpc) is 2.09. The van der Waals surface area contributed by atoms with Crippen molar-refractivity contribution in [3.05, 3.63) is 23.8 Å². The molecule has 1 rings (SSSR count). The van der Waals surface area contributed by atoms with Gasteiger partial charge in [-0.25, -0.2) is 0 Å². The maximum Gasteiger partial charge on any atom is 0.301 e. The smallest absolute Gasteiger partial charge is 0.301 e. The Morgan fingerprint density at radius 2 is 1.93 bits per heavy atom. The first-order valence-electron chi connectivity index (χ1n) is 4.33. The van der Waals surface area contributed by atoms with Crippen molar-refractivity contribution >= 4 is 15.9 Å². The number of anilines is 1. The SMILES string of the molecule is Cc1cc(O)ccc1NS(=O)(=O)N(C)C. The minimum Gasteiger partial charge on any atom is -0.508 e. The van der Waals surface area contributed by atoms with Gasteiger partial charge in [0.25, 0.3) is 0 Å². The van der Waals surface area contributed by atoms with E-state index in [0.29, 0.717) is 11.3 Å². The number of hydrogen-bond acceptors (Lipinski definition) is 3. The van der Waals surface area contributed by atoms with E-state index in [1.165, 1.54) is 32.3 Å². The summed E-state index contributed by atoms with van der Waals surface area (Å²) in [5.41, 5.74) is 1.13. The highest BCUT2D eigenvalue weighted by Gasteiger charge is 2.13. The van der Waals surface area contributed by atoms with Crippen LogP contribution >= 0.6 is 0 Å². The van der Waals surface area contributed by atoms with Crippen LogP contribution in [0, 0.1) is 6.92 Å². The molecule has 0 unspecified atom stereocenters. The molecule has 5 nitrogen and oxygen atoms in total. The molecule has 0 heterocycles. The quantitative estimate of drug-likeness (QED) is 0.759. The molecule has 0 atom stereocenters. The van der Waals surface area contributed by atoms with Crippen LogP contribution < -0.4 is 4.72 Å². The fraction of sp³-hybridized carbons (Fsp3) is 0.333. The van der Waals surface area contributed by atoms with E-state index in [1.807, 2.05) is 0 Å². The highest BCUT2D eigenvalue weighted by Crippen LogP contribution is 2.21. The Balaban J connectivity index is 3.01. The lowest BCUT2D eigenvalue weighted by atomic mass is 10.2. The van der Waals surface area contributed by atoms with Crippen molar-refractivity contribution in [2.24, 2.45) is 0 Å². The molecule has 0 aromatic heterocycles. The number of hydrogen-bond donors (Lipinski definition) is 2. The Kier molecular flexibility index (Phi) is 3.21. The molecular weight excluding hydrogens is 216 g/mol. The van der Waals surface area contributed by atoms with Gasteiger partial charge in [-0.05, 0) is 30.7 Å². The third kappa shape index (κ3) is 2.84. The molecule has 0 saturated heterocycles. The van der Waals surface area contributed by atoms with E-state index in [1.54, 1.807) is 6.92 Å². The standard InChI is InChI=1S/C9H14N2O3S/c1-7-6-8(12)4-5-9(7)10-15(13,14)11(2)3/h4-6,10,12H,1-3H3. The Bertz CT molecular complexity index is 454. The third-order valence-corrected chi connectivity index (χ3v) is 3.37. The zero-order valence-corrected chi connectivity index (χ0v) is 9.67. The highest BCUT2D eigenvalue weighted by atomic mass is 32.2. The summed E-state index contributed by atoms with van der Waals surface area (Å²) in [4.78, 5) is 0. The van der Waals surface area contributed by atoms with Crippen molar-refractivity contribution in [2.75, 3.05) is 18.8 Å². The summed E-state index contributed by atoms with van der Waals surface area (Å²) in [6.45, 7) is 1.72. The molecular formula is C9H14N2O3S. The molecule has 0 bridgehead atoms.